The minimum atomic E-state index is -0.156. The second-order valence-electron chi connectivity index (χ2n) is 4.47. The molecule has 0 radical (unpaired) electrons. The summed E-state index contributed by atoms with van der Waals surface area (Å²) in [6.45, 7) is 0.575. The van der Waals surface area contributed by atoms with Crippen molar-refractivity contribution in [2.75, 3.05) is 5.32 Å². The molecule has 0 aliphatic carbocycles. The van der Waals surface area contributed by atoms with Gasteiger partial charge in [0.25, 0.3) is 0 Å². The number of thiophene rings is 1. The molecule has 1 aromatic heterocycles. The van der Waals surface area contributed by atoms with Gasteiger partial charge in [0.1, 0.15) is 6.04 Å². The zero-order valence-electron chi connectivity index (χ0n) is 10.2. The normalized spacial score (nSPS) is 16.8. The molecule has 1 aromatic carbocycles. The van der Waals surface area contributed by atoms with Crippen molar-refractivity contribution in [1.29, 1.82) is 0 Å². The van der Waals surface area contributed by atoms with E-state index in [4.69, 9.17) is 0 Å². The van der Waals surface area contributed by atoms with Crippen molar-refractivity contribution in [3.8, 4) is 0 Å². The highest BCUT2D eigenvalue weighted by Crippen LogP contribution is 2.26. The van der Waals surface area contributed by atoms with E-state index in [9.17, 15) is 4.79 Å². The maximum atomic E-state index is 12.1. The van der Waals surface area contributed by atoms with Gasteiger partial charge < -0.3 is 10.6 Å². The molecule has 1 atom stereocenters. The van der Waals surface area contributed by atoms with Crippen LogP contribution in [0.1, 0.15) is 10.4 Å². The second kappa shape index (κ2) is 5.35. The molecule has 5 heteroatoms. The molecule has 0 saturated carbocycles. The first-order valence-corrected chi connectivity index (χ1v) is 7.75. The number of anilines is 1. The molecule has 2 aromatic rings. The average Bonchev–Trinajstić information content (AvgIpc) is 3.01. The van der Waals surface area contributed by atoms with Crippen molar-refractivity contribution >= 4 is 38.9 Å². The smallest absolute Gasteiger partial charge is 0.243 e. The predicted molar refractivity (Wildman–Crippen MR) is 81.4 cm³/mol. The first-order chi connectivity index (χ1) is 9.24. The molecule has 3 nitrogen and oxygen atoms in total. The fraction of sp³-hybridized carbons (Fsp3) is 0.214. The molecule has 0 bridgehead atoms. The molecule has 2 N–H and O–H groups in total. The SMILES string of the molecule is O=C(NCc1sccc1Br)C1Cc2ccccc2N1. The predicted octanol–water partition coefficient (Wildman–Crippen LogP) is 3.16. The van der Waals surface area contributed by atoms with Crippen LogP contribution in [0.3, 0.4) is 0 Å². The summed E-state index contributed by atoms with van der Waals surface area (Å²) in [5, 5.41) is 8.25. The summed E-state index contributed by atoms with van der Waals surface area (Å²) in [4.78, 5) is 13.3. The lowest BCUT2D eigenvalue weighted by Crippen LogP contribution is -2.37. The summed E-state index contributed by atoms with van der Waals surface area (Å²) < 4.78 is 1.06. The summed E-state index contributed by atoms with van der Waals surface area (Å²) in [7, 11) is 0. The summed E-state index contributed by atoms with van der Waals surface area (Å²) in [5.74, 6) is 0.0523. The standard InChI is InChI=1S/C14H13BrN2OS/c15-10-5-6-19-13(10)8-16-14(18)12-7-9-3-1-2-4-11(9)17-12/h1-6,12,17H,7-8H2,(H,16,18). The lowest BCUT2D eigenvalue weighted by atomic mass is 10.1. The van der Waals surface area contributed by atoms with Crippen LogP contribution in [0, 0.1) is 0 Å². The zero-order valence-corrected chi connectivity index (χ0v) is 12.6. The van der Waals surface area contributed by atoms with E-state index in [0.717, 1.165) is 21.5 Å². The Morgan fingerprint density at radius 2 is 2.26 bits per heavy atom. The largest absolute Gasteiger partial charge is 0.373 e. The molecule has 0 spiro atoms. The van der Waals surface area contributed by atoms with E-state index in [1.54, 1.807) is 11.3 Å². The fourth-order valence-corrected chi connectivity index (χ4v) is 3.63. The topological polar surface area (TPSA) is 41.1 Å². The van der Waals surface area contributed by atoms with E-state index in [1.807, 2.05) is 29.6 Å². The maximum Gasteiger partial charge on any atom is 0.243 e. The molecule has 1 aliphatic heterocycles. The number of amides is 1. The Balaban J connectivity index is 1.60. The Kier molecular flexibility index (Phi) is 3.57. The Labute approximate surface area is 124 Å². The minimum Gasteiger partial charge on any atom is -0.373 e. The monoisotopic (exact) mass is 336 g/mol. The van der Waals surface area contributed by atoms with Crippen LogP contribution in [-0.2, 0) is 17.8 Å². The highest BCUT2D eigenvalue weighted by molar-refractivity contribution is 9.10. The third kappa shape index (κ3) is 2.67. The van der Waals surface area contributed by atoms with Gasteiger partial charge >= 0.3 is 0 Å². The van der Waals surface area contributed by atoms with Crippen LogP contribution >= 0.6 is 27.3 Å². The van der Waals surface area contributed by atoms with Gasteiger partial charge in [-0.3, -0.25) is 4.79 Å². The number of hydrogen-bond acceptors (Lipinski definition) is 3. The molecule has 0 fully saturated rings. The molecule has 3 rings (SSSR count). The molecule has 1 unspecified atom stereocenters. The molecular weight excluding hydrogens is 324 g/mol. The van der Waals surface area contributed by atoms with Crippen LogP contribution < -0.4 is 10.6 Å². The van der Waals surface area contributed by atoms with Crippen molar-refractivity contribution in [2.24, 2.45) is 0 Å². The van der Waals surface area contributed by atoms with Gasteiger partial charge in [0.2, 0.25) is 5.91 Å². The number of benzene rings is 1. The maximum absolute atomic E-state index is 12.1. The summed E-state index contributed by atoms with van der Waals surface area (Å²) in [6.07, 6.45) is 0.758. The average molecular weight is 337 g/mol. The third-order valence-corrected chi connectivity index (χ3v) is 5.13. The van der Waals surface area contributed by atoms with Gasteiger partial charge in [0.05, 0.1) is 6.54 Å². The van der Waals surface area contributed by atoms with E-state index < -0.39 is 0 Å². The summed E-state index contributed by atoms with van der Waals surface area (Å²) in [5.41, 5.74) is 2.28. The van der Waals surface area contributed by atoms with Gasteiger partial charge in [-0.15, -0.1) is 11.3 Å². The van der Waals surface area contributed by atoms with Crippen molar-refractivity contribution in [2.45, 2.75) is 19.0 Å². The van der Waals surface area contributed by atoms with Gasteiger partial charge in [0.15, 0.2) is 0 Å². The van der Waals surface area contributed by atoms with Crippen LogP contribution in [0.5, 0.6) is 0 Å². The Bertz CT molecular complexity index is 586. The van der Waals surface area contributed by atoms with Gasteiger partial charge in [-0.1, -0.05) is 18.2 Å². The number of carbonyl (C=O) groups is 1. The molecule has 1 aliphatic rings. The van der Waals surface area contributed by atoms with Crippen molar-refractivity contribution in [3.63, 3.8) is 0 Å². The van der Waals surface area contributed by atoms with Crippen molar-refractivity contribution in [1.82, 2.24) is 5.32 Å². The lowest BCUT2D eigenvalue weighted by Gasteiger charge is -2.11. The quantitative estimate of drug-likeness (QED) is 0.903. The van der Waals surface area contributed by atoms with E-state index in [1.165, 1.54) is 5.56 Å². The van der Waals surface area contributed by atoms with Crippen molar-refractivity contribution < 1.29 is 4.79 Å². The van der Waals surface area contributed by atoms with Crippen LogP contribution in [0.15, 0.2) is 40.2 Å². The first-order valence-electron chi connectivity index (χ1n) is 6.08. The van der Waals surface area contributed by atoms with Crippen LogP contribution in [-0.4, -0.2) is 11.9 Å². The van der Waals surface area contributed by atoms with Gasteiger partial charge in [-0.05, 0) is 39.0 Å². The van der Waals surface area contributed by atoms with Crippen LogP contribution in [0.25, 0.3) is 0 Å². The van der Waals surface area contributed by atoms with Crippen LogP contribution in [0.2, 0.25) is 0 Å². The number of rotatable bonds is 3. The van der Waals surface area contributed by atoms with E-state index in [-0.39, 0.29) is 11.9 Å². The van der Waals surface area contributed by atoms with E-state index >= 15 is 0 Å². The van der Waals surface area contributed by atoms with Crippen LogP contribution in [0.4, 0.5) is 5.69 Å². The molecule has 0 saturated heterocycles. The molecular formula is C14H13BrN2OS. The van der Waals surface area contributed by atoms with E-state index in [0.29, 0.717) is 6.54 Å². The highest BCUT2D eigenvalue weighted by Gasteiger charge is 2.26. The Hall–Kier alpha value is -1.33. The first kappa shape index (κ1) is 12.7. The lowest BCUT2D eigenvalue weighted by molar-refractivity contribution is -0.121. The zero-order chi connectivity index (χ0) is 13.2. The number of carbonyl (C=O) groups excluding carboxylic acids is 1. The highest BCUT2D eigenvalue weighted by atomic mass is 79.9. The van der Waals surface area contributed by atoms with Crippen molar-refractivity contribution in [3.05, 3.63) is 50.6 Å². The number of hydrogen-bond donors (Lipinski definition) is 2. The molecule has 98 valence electrons. The molecule has 19 heavy (non-hydrogen) atoms. The minimum absolute atomic E-state index is 0.0523. The Morgan fingerprint density at radius 1 is 1.42 bits per heavy atom. The van der Waals surface area contributed by atoms with Gasteiger partial charge in [-0.25, -0.2) is 0 Å². The van der Waals surface area contributed by atoms with Gasteiger partial charge in [0, 0.05) is 21.5 Å². The fourth-order valence-electron chi connectivity index (χ4n) is 2.20. The molecule has 1 amide bonds. The number of halogens is 1. The number of nitrogens with one attached hydrogen (secondary N) is 2. The summed E-state index contributed by atoms with van der Waals surface area (Å²) in [6, 6.07) is 9.90. The molecule has 2 heterocycles. The number of fused-ring (bicyclic) bond motifs is 1. The third-order valence-electron chi connectivity index (χ3n) is 3.20. The summed E-state index contributed by atoms with van der Waals surface area (Å²) >= 11 is 5.11. The van der Waals surface area contributed by atoms with E-state index in [2.05, 4.69) is 32.6 Å². The van der Waals surface area contributed by atoms with Gasteiger partial charge in [-0.2, -0.15) is 0 Å². The number of para-hydroxylation sites is 1. The Morgan fingerprint density at radius 3 is 3.00 bits per heavy atom. The second-order valence-corrected chi connectivity index (χ2v) is 6.32.